The number of rotatable bonds is 4. The van der Waals surface area contributed by atoms with Gasteiger partial charge in [0.2, 0.25) is 0 Å². The molecule has 0 unspecified atom stereocenters. The molecule has 0 atom stereocenters. The van der Waals surface area contributed by atoms with Gasteiger partial charge in [-0.15, -0.1) is 0 Å². The van der Waals surface area contributed by atoms with Crippen LogP contribution >= 0.6 is 0 Å². The zero-order valence-corrected chi connectivity index (χ0v) is 16.8. The summed E-state index contributed by atoms with van der Waals surface area (Å²) in [5.41, 5.74) is 4.85. The topological polar surface area (TPSA) is 74.8 Å². The third-order valence-electron chi connectivity index (χ3n) is 5.45. The lowest BCUT2D eigenvalue weighted by atomic mass is 10.1. The second kappa shape index (κ2) is 8.20. The maximum atomic E-state index is 13.4. The Bertz CT molecular complexity index is 1270. The third kappa shape index (κ3) is 4.13. The highest BCUT2D eigenvalue weighted by molar-refractivity contribution is 5.59. The molecule has 7 heteroatoms. The minimum atomic E-state index is -0.277. The average Bonchev–Trinajstić information content (AvgIpc) is 2.80. The van der Waals surface area contributed by atoms with Crippen LogP contribution in [-0.4, -0.2) is 31.4 Å². The second-order valence-electron chi connectivity index (χ2n) is 7.60. The van der Waals surface area contributed by atoms with Crippen LogP contribution in [0.25, 0.3) is 22.6 Å². The largest absolute Gasteiger partial charge is 0.306 e. The number of aromatic nitrogens is 4. The van der Waals surface area contributed by atoms with Crippen LogP contribution in [0.5, 0.6) is 0 Å². The molecule has 0 spiro atoms. The summed E-state index contributed by atoms with van der Waals surface area (Å²) in [5, 5.41) is 0. The molecule has 1 aromatic carbocycles. The van der Waals surface area contributed by atoms with E-state index in [1.165, 1.54) is 12.1 Å². The molecule has 0 bridgehead atoms. The van der Waals surface area contributed by atoms with Crippen LogP contribution in [0.3, 0.4) is 0 Å². The van der Waals surface area contributed by atoms with Gasteiger partial charge in [-0.05, 0) is 35.9 Å². The first-order valence-corrected chi connectivity index (χ1v) is 10.1. The molecule has 0 amide bonds. The van der Waals surface area contributed by atoms with Crippen LogP contribution in [0.4, 0.5) is 4.39 Å². The molecule has 1 N–H and O–H groups in total. The Morgan fingerprint density at radius 2 is 1.94 bits per heavy atom. The van der Waals surface area contributed by atoms with E-state index in [1.54, 1.807) is 18.5 Å². The van der Waals surface area contributed by atoms with Crippen LogP contribution in [-0.2, 0) is 19.5 Å². The number of pyridine rings is 2. The summed E-state index contributed by atoms with van der Waals surface area (Å²) >= 11 is 0. The molecular formula is C24H20FN5O. The van der Waals surface area contributed by atoms with Crippen molar-refractivity contribution < 1.29 is 4.39 Å². The molecule has 1 aliphatic heterocycles. The quantitative estimate of drug-likeness (QED) is 0.553. The van der Waals surface area contributed by atoms with E-state index < -0.39 is 0 Å². The van der Waals surface area contributed by atoms with Crippen molar-refractivity contribution in [3.63, 3.8) is 0 Å². The van der Waals surface area contributed by atoms with Crippen molar-refractivity contribution in [3.8, 4) is 22.6 Å². The van der Waals surface area contributed by atoms with Crippen LogP contribution in [0, 0.1) is 5.82 Å². The number of nitrogens with one attached hydrogen (secondary N) is 1. The van der Waals surface area contributed by atoms with Crippen molar-refractivity contribution in [2.24, 2.45) is 0 Å². The monoisotopic (exact) mass is 413 g/mol. The second-order valence-corrected chi connectivity index (χ2v) is 7.60. The fraction of sp³-hybridized carbons (Fsp3) is 0.167. The van der Waals surface area contributed by atoms with E-state index >= 15 is 0 Å². The van der Waals surface area contributed by atoms with E-state index in [1.807, 2.05) is 36.5 Å². The van der Waals surface area contributed by atoms with Gasteiger partial charge < -0.3 is 4.98 Å². The van der Waals surface area contributed by atoms with Gasteiger partial charge in [0.15, 0.2) is 0 Å². The predicted molar refractivity (Wildman–Crippen MR) is 116 cm³/mol. The molecule has 4 heterocycles. The summed E-state index contributed by atoms with van der Waals surface area (Å²) in [7, 11) is 0. The molecule has 31 heavy (non-hydrogen) atoms. The number of hydrogen-bond acceptors (Lipinski definition) is 5. The summed E-state index contributed by atoms with van der Waals surface area (Å²) in [6.07, 6.45) is 5.89. The molecule has 0 aliphatic carbocycles. The average molecular weight is 413 g/mol. The van der Waals surface area contributed by atoms with E-state index in [4.69, 9.17) is 0 Å². The number of aromatic amines is 1. The Kier molecular flexibility index (Phi) is 5.09. The van der Waals surface area contributed by atoms with Gasteiger partial charge in [0.1, 0.15) is 11.6 Å². The summed E-state index contributed by atoms with van der Waals surface area (Å²) in [4.78, 5) is 31.0. The van der Waals surface area contributed by atoms with Crippen molar-refractivity contribution in [2.45, 2.75) is 19.5 Å². The number of hydrogen-bond donors (Lipinski definition) is 1. The lowest BCUT2D eigenvalue weighted by Crippen LogP contribution is -2.35. The van der Waals surface area contributed by atoms with E-state index in [-0.39, 0.29) is 11.4 Å². The van der Waals surface area contributed by atoms with Crippen molar-refractivity contribution in [2.75, 3.05) is 6.54 Å². The predicted octanol–water partition coefficient (Wildman–Crippen LogP) is 3.59. The van der Waals surface area contributed by atoms with Gasteiger partial charge >= 0.3 is 0 Å². The zero-order chi connectivity index (χ0) is 21.2. The summed E-state index contributed by atoms with van der Waals surface area (Å²) < 4.78 is 13.4. The molecule has 0 saturated heterocycles. The molecule has 0 fully saturated rings. The number of nitrogens with zero attached hydrogens (tertiary/aromatic N) is 4. The van der Waals surface area contributed by atoms with Gasteiger partial charge in [-0.25, -0.2) is 9.37 Å². The first-order valence-electron chi connectivity index (χ1n) is 10.1. The molecule has 3 aromatic heterocycles. The SMILES string of the molecule is O=c1[nH]c(-c2ccncc2)nc2c1CN(Cc1ccc(-c3cccc(F)c3)nc1)CC2. The molecule has 1 aliphatic rings. The number of benzene rings is 1. The smallest absolute Gasteiger partial charge is 0.255 e. The van der Waals surface area contributed by atoms with Gasteiger partial charge in [-0.2, -0.15) is 0 Å². The molecule has 4 aromatic rings. The first-order chi connectivity index (χ1) is 15.2. The van der Waals surface area contributed by atoms with E-state index in [0.717, 1.165) is 34.6 Å². The molecule has 6 nitrogen and oxygen atoms in total. The zero-order valence-electron chi connectivity index (χ0n) is 16.8. The number of fused-ring (bicyclic) bond motifs is 1. The normalized spacial score (nSPS) is 13.7. The maximum absolute atomic E-state index is 13.4. The molecule has 5 rings (SSSR count). The van der Waals surface area contributed by atoms with Crippen molar-refractivity contribution in [1.82, 2.24) is 24.8 Å². The van der Waals surface area contributed by atoms with E-state index in [0.29, 0.717) is 30.9 Å². The maximum Gasteiger partial charge on any atom is 0.255 e. The number of halogens is 1. The third-order valence-corrected chi connectivity index (χ3v) is 5.45. The Labute approximate surface area is 178 Å². The Morgan fingerprint density at radius 1 is 1.06 bits per heavy atom. The lowest BCUT2D eigenvalue weighted by molar-refractivity contribution is 0.241. The van der Waals surface area contributed by atoms with Crippen LogP contribution in [0.1, 0.15) is 16.8 Å². The highest BCUT2D eigenvalue weighted by atomic mass is 19.1. The van der Waals surface area contributed by atoms with Crippen LogP contribution < -0.4 is 5.56 Å². The first kappa shape index (κ1) is 19.3. The van der Waals surface area contributed by atoms with Gasteiger partial charge in [-0.3, -0.25) is 19.7 Å². The lowest BCUT2D eigenvalue weighted by Gasteiger charge is -2.27. The van der Waals surface area contributed by atoms with Crippen molar-refractivity contribution in [1.29, 1.82) is 0 Å². The Hall–Kier alpha value is -3.71. The van der Waals surface area contributed by atoms with Crippen molar-refractivity contribution >= 4 is 0 Å². The molecule has 0 radical (unpaired) electrons. The van der Waals surface area contributed by atoms with Gasteiger partial charge in [0, 0.05) is 55.8 Å². The molecule has 0 saturated carbocycles. The fourth-order valence-corrected chi connectivity index (χ4v) is 3.86. The highest BCUT2D eigenvalue weighted by Crippen LogP contribution is 2.21. The summed E-state index contributed by atoms with van der Waals surface area (Å²) in [5.74, 6) is 0.304. The molecule has 154 valence electrons. The van der Waals surface area contributed by atoms with Crippen molar-refractivity contribution in [3.05, 3.63) is 100 Å². The van der Waals surface area contributed by atoms with E-state index in [9.17, 15) is 9.18 Å². The highest BCUT2D eigenvalue weighted by Gasteiger charge is 2.21. The Balaban J connectivity index is 1.31. The van der Waals surface area contributed by atoms with E-state index in [2.05, 4.69) is 24.8 Å². The fourth-order valence-electron chi connectivity index (χ4n) is 3.86. The van der Waals surface area contributed by atoms with Gasteiger partial charge in [0.25, 0.3) is 5.56 Å². The van der Waals surface area contributed by atoms with Crippen LogP contribution in [0.2, 0.25) is 0 Å². The molecular weight excluding hydrogens is 393 g/mol. The minimum absolute atomic E-state index is 0.0962. The standard InChI is InChI=1S/C24H20FN5O/c25-19-3-1-2-18(12-19)21-5-4-16(13-27-21)14-30-11-8-22-20(15-30)24(31)29-23(28-22)17-6-9-26-10-7-17/h1-7,9-10,12-13H,8,11,14-15H2,(H,28,29,31). The van der Waals surface area contributed by atoms with Crippen LogP contribution in [0.15, 0.2) is 71.9 Å². The summed E-state index contributed by atoms with van der Waals surface area (Å²) in [6, 6.07) is 14.0. The Morgan fingerprint density at radius 3 is 2.71 bits per heavy atom. The van der Waals surface area contributed by atoms with Gasteiger partial charge in [0.05, 0.1) is 17.0 Å². The summed E-state index contributed by atoms with van der Waals surface area (Å²) in [6.45, 7) is 2.03. The minimum Gasteiger partial charge on any atom is -0.306 e. The number of H-pyrrole nitrogens is 1. The van der Waals surface area contributed by atoms with Gasteiger partial charge in [-0.1, -0.05) is 18.2 Å².